The van der Waals surface area contributed by atoms with Crippen LogP contribution in [-0.2, 0) is 9.59 Å². The van der Waals surface area contributed by atoms with Crippen LogP contribution in [0.3, 0.4) is 0 Å². The minimum absolute atomic E-state index is 0.0902. The van der Waals surface area contributed by atoms with Crippen molar-refractivity contribution in [2.75, 3.05) is 6.54 Å². The van der Waals surface area contributed by atoms with E-state index in [0.717, 1.165) is 0 Å². The molecule has 0 saturated heterocycles. The minimum atomic E-state index is -0.477. The summed E-state index contributed by atoms with van der Waals surface area (Å²) in [6, 6.07) is -0.477. The van der Waals surface area contributed by atoms with E-state index >= 15 is 0 Å². The van der Waals surface area contributed by atoms with Crippen LogP contribution >= 0.6 is 9.24 Å². The van der Waals surface area contributed by atoms with Gasteiger partial charge in [0, 0.05) is 13.0 Å². The van der Waals surface area contributed by atoms with Gasteiger partial charge < -0.3 is 16.4 Å². The van der Waals surface area contributed by atoms with Gasteiger partial charge in [-0.2, -0.15) is 0 Å². The van der Waals surface area contributed by atoms with Gasteiger partial charge in [0.2, 0.25) is 5.91 Å². The fraction of sp³-hybridized carbons (Fsp3) is 0.727. The average molecular weight is 274 g/mol. The van der Waals surface area contributed by atoms with Gasteiger partial charge in [0.25, 0.3) is 0 Å². The first-order chi connectivity index (χ1) is 8.32. The van der Waals surface area contributed by atoms with E-state index in [4.69, 9.17) is 11.1 Å². The topological polar surface area (TPSA) is 108 Å². The van der Waals surface area contributed by atoms with E-state index in [1.165, 1.54) is 0 Å². The maximum absolute atomic E-state index is 11.6. The molecule has 0 aromatic heterocycles. The van der Waals surface area contributed by atoms with Crippen molar-refractivity contribution in [3.05, 3.63) is 0 Å². The molecule has 0 fully saturated rings. The van der Waals surface area contributed by atoms with E-state index in [9.17, 15) is 9.59 Å². The molecule has 0 saturated carbocycles. The van der Waals surface area contributed by atoms with Crippen molar-refractivity contribution in [2.24, 2.45) is 11.7 Å². The molecule has 5 N–H and O–H groups in total. The van der Waals surface area contributed by atoms with Gasteiger partial charge in [-0.1, -0.05) is 23.1 Å². The summed E-state index contributed by atoms with van der Waals surface area (Å²) in [5, 5.41) is 12.4. The summed E-state index contributed by atoms with van der Waals surface area (Å²) in [7, 11) is 2.10. The summed E-state index contributed by atoms with van der Waals surface area (Å²) in [6.07, 6.45) is 1.61. The van der Waals surface area contributed by atoms with E-state index in [1.54, 1.807) is 0 Å². The van der Waals surface area contributed by atoms with Crippen LogP contribution in [0.2, 0.25) is 0 Å². The highest BCUT2D eigenvalue weighted by atomic mass is 31.0. The van der Waals surface area contributed by atoms with Crippen LogP contribution in [0.25, 0.3) is 0 Å². The summed E-state index contributed by atoms with van der Waals surface area (Å²) < 4.78 is 0. The summed E-state index contributed by atoms with van der Waals surface area (Å²) in [6.45, 7) is 4.42. The second-order valence-corrected chi connectivity index (χ2v) is 5.17. The van der Waals surface area contributed by atoms with Crippen LogP contribution in [0.1, 0.15) is 33.1 Å². The summed E-state index contributed by atoms with van der Waals surface area (Å²) >= 11 is 0. The van der Waals surface area contributed by atoms with Crippen molar-refractivity contribution in [3.63, 3.8) is 0 Å². The number of nitrogens with one attached hydrogen (secondary N) is 3. The molecular formula is C11H23N4O2P. The number of rotatable bonds is 8. The van der Waals surface area contributed by atoms with Crippen molar-refractivity contribution in [3.8, 4) is 0 Å². The standard InChI is InChI=1S/C11H23N4O2P/c1-7(2)6-9(16)15-8(10(17)18)4-3-5-14-11(12)13/h7-8H,3-6,18H2,1-2H3,(H,15,16)(H4,12,13,14)/t8-/m0/s1. The maximum Gasteiger partial charge on any atom is 0.220 e. The van der Waals surface area contributed by atoms with Crippen LogP contribution in [0.5, 0.6) is 0 Å². The van der Waals surface area contributed by atoms with Crippen LogP contribution < -0.4 is 16.4 Å². The maximum atomic E-state index is 11.6. The Kier molecular flexibility index (Phi) is 8.29. The van der Waals surface area contributed by atoms with Crippen LogP contribution in [0, 0.1) is 11.3 Å². The van der Waals surface area contributed by atoms with Crippen LogP contribution in [-0.4, -0.2) is 30.0 Å². The summed E-state index contributed by atoms with van der Waals surface area (Å²) in [5.41, 5.74) is 5.01. The Balaban J connectivity index is 4.03. The third-order valence-electron chi connectivity index (χ3n) is 2.26. The van der Waals surface area contributed by atoms with E-state index in [1.807, 2.05) is 13.8 Å². The highest BCUT2D eigenvalue weighted by molar-refractivity contribution is 7.40. The lowest BCUT2D eigenvalue weighted by Gasteiger charge is -2.16. The molecule has 104 valence electrons. The second kappa shape index (κ2) is 8.86. The first-order valence-electron chi connectivity index (χ1n) is 5.99. The average Bonchev–Trinajstić information content (AvgIpc) is 2.20. The van der Waals surface area contributed by atoms with Crippen molar-refractivity contribution < 1.29 is 9.59 Å². The fourth-order valence-electron chi connectivity index (χ4n) is 1.44. The van der Waals surface area contributed by atoms with E-state index in [2.05, 4.69) is 19.9 Å². The summed E-state index contributed by atoms with van der Waals surface area (Å²) in [5.74, 6) is 0.0718. The number of hydrogen-bond donors (Lipinski definition) is 4. The zero-order chi connectivity index (χ0) is 14.1. The molecule has 0 aromatic carbocycles. The molecule has 0 heterocycles. The van der Waals surface area contributed by atoms with E-state index < -0.39 is 6.04 Å². The molecular weight excluding hydrogens is 251 g/mol. The molecule has 1 unspecified atom stereocenters. The van der Waals surface area contributed by atoms with Gasteiger partial charge in [0.15, 0.2) is 11.5 Å². The second-order valence-electron chi connectivity index (χ2n) is 4.60. The van der Waals surface area contributed by atoms with Gasteiger partial charge in [-0.15, -0.1) is 0 Å². The van der Waals surface area contributed by atoms with Crippen molar-refractivity contribution in [1.82, 2.24) is 10.6 Å². The van der Waals surface area contributed by atoms with Gasteiger partial charge in [-0.05, 0) is 18.8 Å². The molecule has 0 rings (SSSR count). The smallest absolute Gasteiger partial charge is 0.220 e. The molecule has 0 spiro atoms. The zero-order valence-corrected chi connectivity index (χ0v) is 12.1. The van der Waals surface area contributed by atoms with Gasteiger partial charge in [0.1, 0.15) is 0 Å². The molecule has 0 aromatic rings. The first kappa shape index (κ1) is 16.8. The normalized spacial score (nSPS) is 12.0. The number of nitrogens with two attached hydrogens (primary N) is 1. The quantitative estimate of drug-likeness (QED) is 0.219. The van der Waals surface area contributed by atoms with Gasteiger partial charge in [-0.3, -0.25) is 15.0 Å². The lowest BCUT2D eigenvalue weighted by molar-refractivity contribution is -0.125. The van der Waals surface area contributed by atoms with Crippen molar-refractivity contribution in [1.29, 1.82) is 5.41 Å². The third kappa shape index (κ3) is 8.93. The lowest BCUT2D eigenvalue weighted by Crippen LogP contribution is -2.40. The third-order valence-corrected chi connectivity index (χ3v) is 2.66. The molecule has 7 heteroatoms. The summed E-state index contributed by atoms with van der Waals surface area (Å²) in [4.78, 5) is 22.9. The van der Waals surface area contributed by atoms with Crippen molar-refractivity contribution in [2.45, 2.75) is 39.2 Å². The Morgan fingerprint density at radius 2 is 2.00 bits per heavy atom. The molecule has 0 aliphatic rings. The SMILES string of the molecule is CC(C)CC(=O)N[C@@H](CCCNC(=N)N)C(=O)P. The monoisotopic (exact) mass is 274 g/mol. The number of guanidine groups is 1. The Hall–Kier alpha value is -1.16. The zero-order valence-electron chi connectivity index (χ0n) is 11.0. The van der Waals surface area contributed by atoms with Crippen LogP contribution in [0.15, 0.2) is 0 Å². The number of carbonyl (C=O) groups excluding carboxylic acids is 2. The Labute approximate surface area is 110 Å². The predicted octanol–water partition coefficient (Wildman–Crippen LogP) is 0.182. The molecule has 0 aliphatic carbocycles. The number of amides is 1. The van der Waals surface area contributed by atoms with Gasteiger partial charge in [-0.25, -0.2) is 0 Å². The molecule has 18 heavy (non-hydrogen) atoms. The highest BCUT2D eigenvalue weighted by Crippen LogP contribution is 2.05. The molecule has 0 bridgehead atoms. The lowest BCUT2D eigenvalue weighted by atomic mass is 10.1. The van der Waals surface area contributed by atoms with Crippen molar-refractivity contribution >= 4 is 26.6 Å². The fourth-order valence-corrected chi connectivity index (χ4v) is 1.69. The molecule has 1 amide bonds. The van der Waals surface area contributed by atoms with Gasteiger partial charge >= 0.3 is 0 Å². The first-order valence-corrected chi connectivity index (χ1v) is 6.57. The Morgan fingerprint density at radius 1 is 1.39 bits per heavy atom. The van der Waals surface area contributed by atoms with Crippen LogP contribution in [0.4, 0.5) is 0 Å². The van der Waals surface area contributed by atoms with E-state index in [0.29, 0.717) is 25.8 Å². The van der Waals surface area contributed by atoms with E-state index in [-0.39, 0.29) is 23.3 Å². The highest BCUT2D eigenvalue weighted by Gasteiger charge is 2.17. The number of carbonyl (C=O) groups is 2. The number of hydrogen-bond acceptors (Lipinski definition) is 3. The Morgan fingerprint density at radius 3 is 2.44 bits per heavy atom. The van der Waals surface area contributed by atoms with Gasteiger partial charge in [0.05, 0.1) is 6.04 Å². The largest absolute Gasteiger partial charge is 0.370 e. The molecule has 0 aliphatic heterocycles. The minimum Gasteiger partial charge on any atom is -0.370 e. The Bertz CT molecular complexity index is 307. The molecule has 6 nitrogen and oxygen atoms in total. The molecule has 2 atom stereocenters. The molecule has 0 radical (unpaired) electrons. The predicted molar refractivity (Wildman–Crippen MR) is 75.3 cm³/mol.